The van der Waals surface area contributed by atoms with E-state index in [0.29, 0.717) is 37.4 Å². The molecule has 1 unspecified atom stereocenters. The van der Waals surface area contributed by atoms with Gasteiger partial charge in [0.1, 0.15) is 11.9 Å². The van der Waals surface area contributed by atoms with E-state index >= 15 is 0 Å². The van der Waals surface area contributed by atoms with Gasteiger partial charge in [0.15, 0.2) is 0 Å². The number of hydrogen-bond donors (Lipinski definition) is 2. The van der Waals surface area contributed by atoms with E-state index in [1.807, 2.05) is 42.3 Å². The molecule has 0 aliphatic carbocycles. The zero-order valence-electron chi connectivity index (χ0n) is 19.7. The number of nitrogens with zero attached hydrogens (tertiary/aromatic N) is 3. The van der Waals surface area contributed by atoms with Crippen molar-refractivity contribution in [1.82, 2.24) is 9.21 Å². The highest BCUT2D eigenvalue weighted by Gasteiger charge is 2.33. The molecule has 0 aromatic heterocycles. The maximum absolute atomic E-state index is 13.1. The second-order valence-corrected chi connectivity index (χ2v) is 10.7. The summed E-state index contributed by atoms with van der Waals surface area (Å²) in [5.41, 5.74) is 6.74. The lowest BCUT2D eigenvalue weighted by Gasteiger charge is -2.23. The normalized spacial score (nSPS) is 16.3. The van der Waals surface area contributed by atoms with Crippen molar-refractivity contribution in [3.05, 3.63) is 72.3 Å². The van der Waals surface area contributed by atoms with Gasteiger partial charge in [0, 0.05) is 37.9 Å². The van der Waals surface area contributed by atoms with E-state index in [0.717, 1.165) is 10.8 Å². The molecule has 4 rings (SSSR count). The lowest BCUT2D eigenvalue weighted by Crippen LogP contribution is -2.38. The Labute approximate surface area is 205 Å². The smallest absolute Gasteiger partial charge is 0.414 e. The van der Waals surface area contributed by atoms with E-state index in [-0.39, 0.29) is 16.8 Å². The number of anilines is 1. The van der Waals surface area contributed by atoms with Crippen molar-refractivity contribution < 1.29 is 17.9 Å². The molecule has 3 N–H and O–H groups in total. The van der Waals surface area contributed by atoms with Crippen LogP contribution in [0.1, 0.15) is 5.56 Å². The van der Waals surface area contributed by atoms with Gasteiger partial charge in [-0.25, -0.2) is 13.2 Å². The zero-order valence-corrected chi connectivity index (χ0v) is 20.5. The minimum absolute atomic E-state index is 0.0346. The van der Waals surface area contributed by atoms with Crippen LogP contribution in [0.15, 0.2) is 71.6 Å². The number of nitrogens with two attached hydrogens (primary N) is 1. The number of nitrogen functional groups attached to an aromatic ring is 1. The fourth-order valence-electron chi connectivity index (χ4n) is 4.03. The van der Waals surface area contributed by atoms with Crippen molar-refractivity contribution >= 4 is 38.4 Å². The van der Waals surface area contributed by atoms with Crippen molar-refractivity contribution in [1.29, 1.82) is 5.41 Å². The Bertz CT molecular complexity index is 1340. The largest absolute Gasteiger partial charge is 0.443 e. The molecule has 1 saturated heterocycles. The number of likely N-dealkylation sites (N-methyl/N-ethyl adjacent to an activating group) is 2. The van der Waals surface area contributed by atoms with Crippen LogP contribution in [-0.2, 0) is 14.8 Å². The summed E-state index contributed by atoms with van der Waals surface area (Å²) in [5, 5.41) is 9.35. The highest BCUT2D eigenvalue weighted by atomic mass is 32.2. The number of carbonyl (C=O) groups is 1. The van der Waals surface area contributed by atoms with E-state index in [1.54, 1.807) is 48.3 Å². The van der Waals surface area contributed by atoms with E-state index < -0.39 is 16.1 Å². The molecule has 9 nitrogen and oxygen atoms in total. The number of ether oxygens (including phenoxy) is 1. The van der Waals surface area contributed by atoms with Gasteiger partial charge in [0.25, 0.3) is 0 Å². The number of nitrogens with one attached hydrogen (secondary N) is 1. The molecule has 1 atom stereocenters. The third-order valence-corrected chi connectivity index (χ3v) is 7.96. The predicted octanol–water partition coefficient (Wildman–Crippen LogP) is 2.70. The molecule has 1 fully saturated rings. The first-order valence-corrected chi connectivity index (χ1v) is 12.7. The maximum Gasteiger partial charge on any atom is 0.414 e. The average molecular weight is 496 g/mol. The van der Waals surface area contributed by atoms with Gasteiger partial charge < -0.3 is 15.4 Å². The molecule has 3 aromatic rings. The van der Waals surface area contributed by atoms with E-state index in [9.17, 15) is 13.2 Å². The number of carbonyl (C=O) groups excluding carboxylic acids is 1. The summed E-state index contributed by atoms with van der Waals surface area (Å²) in [5.74, 6) is -0.0346. The summed E-state index contributed by atoms with van der Waals surface area (Å²) >= 11 is 0. The van der Waals surface area contributed by atoms with Gasteiger partial charge in [-0.15, -0.1) is 0 Å². The molecule has 35 heavy (non-hydrogen) atoms. The summed E-state index contributed by atoms with van der Waals surface area (Å²) in [7, 11) is -0.188. The summed E-state index contributed by atoms with van der Waals surface area (Å²) in [6, 6.07) is 19.6. The molecule has 1 heterocycles. The van der Waals surface area contributed by atoms with Crippen LogP contribution >= 0.6 is 0 Å². The van der Waals surface area contributed by atoms with E-state index in [2.05, 4.69) is 0 Å². The molecule has 0 spiro atoms. The van der Waals surface area contributed by atoms with Crippen LogP contribution in [0.2, 0.25) is 0 Å². The molecule has 3 aromatic carbocycles. The molecule has 1 aliphatic rings. The Hall–Kier alpha value is -3.47. The Morgan fingerprint density at radius 1 is 1.06 bits per heavy atom. The molecule has 10 heteroatoms. The number of amidine groups is 1. The first-order chi connectivity index (χ1) is 16.6. The summed E-state index contributed by atoms with van der Waals surface area (Å²) in [6.45, 7) is 1.62. The average Bonchev–Trinajstić information content (AvgIpc) is 3.21. The minimum Gasteiger partial charge on any atom is -0.443 e. The third kappa shape index (κ3) is 5.45. The predicted molar refractivity (Wildman–Crippen MR) is 136 cm³/mol. The Morgan fingerprint density at radius 2 is 1.74 bits per heavy atom. The van der Waals surface area contributed by atoms with Crippen molar-refractivity contribution in [3.63, 3.8) is 0 Å². The van der Waals surface area contributed by atoms with Crippen molar-refractivity contribution in [2.24, 2.45) is 5.73 Å². The lowest BCUT2D eigenvalue weighted by molar-refractivity contribution is 0.116. The van der Waals surface area contributed by atoms with E-state index in [1.165, 1.54) is 4.31 Å². The standard InChI is InChI=1S/C25H29N5O4S/c1-28(16-22-17-30(25(31)34-22)21-10-7-19(8-11-21)24(26)27)13-14-29(2)35(32,33)23-12-9-18-5-3-4-6-20(18)15-23/h3-12,15,22H,13-14,16-17H2,1-2H3,(H3,26,27). The number of hydrogen-bond acceptors (Lipinski definition) is 6. The molecular formula is C25H29N5O4S. The topological polar surface area (TPSA) is 120 Å². The first-order valence-electron chi connectivity index (χ1n) is 11.2. The van der Waals surface area contributed by atoms with Crippen molar-refractivity contribution in [2.75, 3.05) is 45.2 Å². The maximum atomic E-state index is 13.1. The van der Waals surface area contributed by atoms with Crippen LogP contribution in [0.4, 0.5) is 10.5 Å². The molecule has 0 bridgehead atoms. The van der Waals surface area contributed by atoms with Gasteiger partial charge in [-0.2, -0.15) is 4.31 Å². The summed E-state index contributed by atoms with van der Waals surface area (Å²) in [6.07, 6.45) is -0.780. The zero-order chi connectivity index (χ0) is 25.2. The highest BCUT2D eigenvalue weighted by Crippen LogP contribution is 2.23. The first kappa shape index (κ1) is 24.6. The molecule has 1 aliphatic heterocycles. The number of rotatable bonds is 9. The molecule has 184 valence electrons. The fraction of sp³-hybridized carbons (Fsp3) is 0.280. The Balaban J connectivity index is 1.32. The van der Waals surface area contributed by atoms with Gasteiger partial charge in [-0.1, -0.05) is 30.3 Å². The Morgan fingerprint density at radius 3 is 2.43 bits per heavy atom. The van der Waals surface area contributed by atoms with Crippen molar-refractivity contribution in [2.45, 2.75) is 11.0 Å². The number of benzene rings is 3. The van der Waals surface area contributed by atoms with Crippen LogP contribution in [0.5, 0.6) is 0 Å². The highest BCUT2D eigenvalue weighted by molar-refractivity contribution is 7.89. The van der Waals surface area contributed by atoms with Gasteiger partial charge in [-0.3, -0.25) is 10.3 Å². The second-order valence-electron chi connectivity index (χ2n) is 8.67. The van der Waals surface area contributed by atoms with Crippen LogP contribution < -0.4 is 10.6 Å². The number of amides is 1. The molecule has 0 radical (unpaired) electrons. The lowest BCUT2D eigenvalue weighted by atomic mass is 10.1. The van der Waals surface area contributed by atoms with Crippen LogP contribution in [0, 0.1) is 5.41 Å². The van der Waals surface area contributed by atoms with Gasteiger partial charge in [-0.05, 0) is 54.2 Å². The number of fused-ring (bicyclic) bond motifs is 1. The summed E-state index contributed by atoms with van der Waals surface area (Å²) in [4.78, 5) is 16.1. The molecule has 0 saturated carbocycles. The van der Waals surface area contributed by atoms with Crippen molar-refractivity contribution in [3.8, 4) is 0 Å². The second kappa shape index (κ2) is 10.0. The Kier molecular flexibility index (Phi) is 7.06. The molecule has 1 amide bonds. The molecular weight excluding hydrogens is 466 g/mol. The minimum atomic E-state index is -3.63. The summed E-state index contributed by atoms with van der Waals surface area (Å²) < 4.78 is 33.0. The quantitative estimate of drug-likeness (QED) is 0.348. The van der Waals surface area contributed by atoms with Crippen LogP contribution in [-0.4, -0.2) is 75.9 Å². The monoisotopic (exact) mass is 495 g/mol. The van der Waals surface area contributed by atoms with Crippen LogP contribution in [0.3, 0.4) is 0 Å². The van der Waals surface area contributed by atoms with Gasteiger partial charge in [0.2, 0.25) is 10.0 Å². The van der Waals surface area contributed by atoms with Crippen LogP contribution in [0.25, 0.3) is 10.8 Å². The number of sulfonamides is 1. The van der Waals surface area contributed by atoms with E-state index in [4.69, 9.17) is 15.9 Å². The third-order valence-electron chi connectivity index (χ3n) is 6.11. The SMILES string of the molecule is CN(CCN(C)S(=O)(=O)c1ccc2ccccc2c1)CC1CN(c2ccc(C(=N)N)cc2)C(=O)O1. The van der Waals surface area contributed by atoms with Gasteiger partial charge in [0.05, 0.1) is 11.4 Å². The fourth-order valence-corrected chi connectivity index (χ4v) is 5.22. The number of cyclic esters (lactones) is 1. The van der Waals surface area contributed by atoms with Gasteiger partial charge >= 0.3 is 6.09 Å².